The second kappa shape index (κ2) is 5.75. The van der Waals surface area contributed by atoms with Crippen LogP contribution in [0.15, 0.2) is 30.6 Å². The molecule has 0 atom stereocenters. The standard InChI is InChI=1S/C16H20FN3/c1-2-3-16-18-8-9-20(16)15-7-4-12(10-14(15)17)11-19-13-5-6-13/h4,7-10,13,19H,2-3,5-6,11H2,1H3. The number of halogens is 1. The summed E-state index contributed by atoms with van der Waals surface area (Å²) < 4.78 is 16.1. The van der Waals surface area contributed by atoms with Crippen molar-refractivity contribution in [1.29, 1.82) is 0 Å². The Morgan fingerprint density at radius 3 is 2.95 bits per heavy atom. The van der Waals surface area contributed by atoms with Crippen LogP contribution in [-0.2, 0) is 13.0 Å². The first-order chi connectivity index (χ1) is 9.78. The van der Waals surface area contributed by atoms with Gasteiger partial charge in [0.15, 0.2) is 0 Å². The van der Waals surface area contributed by atoms with E-state index in [4.69, 9.17) is 0 Å². The summed E-state index contributed by atoms with van der Waals surface area (Å²) in [5.41, 5.74) is 1.58. The van der Waals surface area contributed by atoms with Crippen LogP contribution in [0.25, 0.3) is 5.69 Å². The molecule has 0 spiro atoms. The topological polar surface area (TPSA) is 29.9 Å². The smallest absolute Gasteiger partial charge is 0.147 e. The summed E-state index contributed by atoms with van der Waals surface area (Å²) in [6.45, 7) is 2.84. The lowest BCUT2D eigenvalue weighted by atomic mass is 10.2. The van der Waals surface area contributed by atoms with Crippen LogP contribution in [0.3, 0.4) is 0 Å². The highest BCUT2D eigenvalue weighted by atomic mass is 19.1. The largest absolute Gasteiger partial charge is 0.310 e. The number of nitrogens with zero attached hydrogens (tertiary/aromatic N) is 2. The summed E-state index contributed by atoms with van der Waals surface area (Å²) >= 11 is 0. The maximum absolute atomic E-state index is 14.3. The molecule has 1 fully saturated rings. The van der Waals surface area contributed by atoms with Gasteiger partial charge in [0.25, 0.3) is 0 Å². The summed E-state index contributed by atoms with van der Waals surface area (Å²) in [5, 5.41) is 3.40. The summed E-state index contributed by atoms with van der Waals surface area (Å²) in [6.07, 6.45) is 7.91. The third kappa shape index (κ3) is 2.90. The summed E-state index contributed by atoms with van der Waals surface area (Å²) in [4.78, 5) is 4.30. The van der Waals surface area contributed by atoms with Crippen molar-refractivity contribution >= 4 is 0 Å². The van der Waals surface area contributed by atoms with Crippen LogP contribution in [-0.4, -0.2) is 15.6 Å². The van der Waals surface area contributed by atoms with Crippen molar-refractivity contribution in [2.45, 2.75) is 45.2 Å². The number of hydrogen-bond acceptors (Lipinski definition) is 2. The van der Waals surface area contributed by atoms with E-state index >= 15 is 0 Å². The van der Waals surface area contributed by atoms with E-state index in [-0.39, 0.29) is 5.82 Å². The highest BCUT2D eigenvalue weighted by Gasteiger charge is 2.20. The van der Waals surface area contributed by atoms with Gasteiger partial charge < -0.3 is 9.88 Å². The van der Waals surface area contributed by atoms with Crippen molar-refractivity contribution in [3.63, 3.8) is 0 Å². The molecule has 1 aromatic carbocycles. The summed E-state index contributed by atoms with van der Waals surface area (Å²) in [6, 6.07) is 6.10. The van der Waals surface area contributed by atoms with Gasteiger partial charge in [-0.1, -0.05) is 13.0 Å². The Kier molecular flexibility index (Phi) is 3.83. The van der Waals surface area contributed by atoms with Crippen LogP contribution in [0.4, 0.5) is 4.39 Å². The van der Waals surface area contributed by atoms with Crippen LogP contribution in [0, 0.1) is 5.82 Å². The Morgan fingerprint density at radius 1 is 1.40 bits per heavy atom. The molecule has 0 bridgehead atoms. The fourth-order valence-electron chi connectivity index (χ4n) is 2.37. The summed E-state index contributed by atoms with van der Waals surface area (Å²) in [7, 11) is 0. The quantitative estimate of drug-likeness (QED) is 0.876. The van der Waals surface area contributed by atoms with Crippen LogP contribution in [0.5, 0.6) is 0 Å². The van der Waals surface area contributed by atoms with E-state index in [0.717, 1.165) is 30.8 Å². The molecule has 3 nitrogen and oxygen atoms in total. The first-order valence-corrected chi connectivity index (χ1v) is 7.32. The van der Waals surface area contributed by atoms with Gasteiger partial charge in [-0.05, 0) is 37.0 Å². The monoisotopic (exact) mass is 273 g/mol. The number of rotatable bonds is 6. The molecule has 2 aromatic rings. The highest BCUT2D eigenvalue weighted by molar-refractivity contribution is 5.37. The molecule has 0 saturated heterocycles. The van der Waals surface area contributed by atoms with E-state index in [9.17, 15) is 4.39 Å². The molecule has 1 heterocycles. The van der Waals surface area contributed by atoms with Gasteiger partial charge in [-0.3, -0.25) is 0 Å². The Bertz CT molecular complexity index is 587. The van der Waals surface area contributed by atoms with E-state index < -0.39 is 0 Å². The van der Waals surface area contributed by atoms with Gasteiger partial charge in [-0.15, -0.1) is 0 Å². The maximum Gasteiger partial charge on any atom is 0.147 e. The Labute approximate surface area is 118 Å². The molecule has 1 N–H and O–H groups in total. The molecule has 4 heteroatoms. The zero-order valence-corrected chi connectivity index (χ0v) is 11.8. The number of aromatic nitrogens is 2. The molecule has 20 heavy (non-hydrogen) atoms. The van der Waals surface area contributed by atoms with Crippen molar-refractivity contribution in [1.82, 2.24) is 14.9 Å². The lowest BCUT2D eigenvalue weighted by Crippen LogP contribution is -2.15. The second-order valence-electron chi connectivity index (χ2n) is 5.40. The number of nitrogens with one attached hydrogen (secondary N) is 1. The van der Waals surface area contributed by atoms with Crippen LogP contribution < -0.4 is 5.32 Å². The zero-order chi connectivity index (χ0) is 13.9. The second-order valence-corrected chi connectivity index (χ2v) is 5.40. The predicted octanol–water partition coefficient (Wildman–Crippen LogP) is 3.22. The number of hydrogen-bond donors (Lipinski definition) is 1. The molecule has 106 valence electrons. The minimum Gasteiger partial charge on any atom is -0.310 e. The van der Waals surface area contributed by atoms with Crippen LogP contribution in [0.2, 0.25) is 0 Å². The van der Waals surface area contributed by atoms with E-state index in [0.29, 0.717) is 11.7 Å². The van der Waals surface area contributed by atoms with Gasteiger partial charge in [0.2, 0.25) is 0 Å². The molecule has 1 saturated carbocycles. The highest BCUT2D eigenvalue weighted by Crippen LogP contribution is 2.21. The molecule has 0 amide bonds. The fraction of sp³-hybridized carbons (Fsp3) is 0.438. The Balaban J connectivity index is 1.80. The average Bonchev–Trinajstić information content (AvgIpc) is 3.17. The number of imidazole rings is 1. The Hall–Kier alpha value is -1.68. The van der Waals surface area contributed by atoms with Gasteiger partial charge in [0, 0.05) is 31.4 Å². The van der Waals surface area contributed by atoms with Gasteiger partial charge >= 0.3 is 0 Å². The molecule has 0 radical (unpaired) electrons. The first-order valence-electron chi connectivity index (χ1n) is 7.32. The fourth-order valence-corrected chi connectivity index (χ4v) is 2.37. The number of aryl methyl sites for hydroxylation is 1. The van der Waals surface area contributed by atoms with E-state index in [1.165, 1.54) is 12.8 Å². The maximum atomic E-state index is 14.3. The average molecular weight is 273 g/mol. The third-order valence-corrected chi connectivity index (χ3v) is 3.63. The first kappa shape index (κ1) is 13.3. The minimum atomic E-state index is -0.185. The molecular weight excluding hydrogens is 253 g/mol. The SMILES string of the molecule is CCCc1nccn1-c1ccc(CNC2CC2)cc1F. The van der Waals surface area contributed by atoms with Crippen molar-refractivity contribution in [3.05, 3.63) is 47.8 Å². The molecular formula is C16H20FN3. The molecule has 0 aliphatic heterocycles. The Morgan fingerprint density at radius 2 is 2.25 bits per heavy atom. The predicted molar refractivity (Wildman–Crippen MR) is 77.4 cm³/mol. The van der Waals surface area contributed by atoms with Crippen LogP contribution in [0.1, 0.15) is 37.6 Å². The van der Waals surface area contributed by atoms with Crippen molar-refractivity contribution < 1.29 is 4.39 Å². The van der Waals surface area contributed by atoms with Gasteiger partial charge in [0.1, 0.15) is 11.6 Å². The molecule has 1 aliphatic carbocycles. The summed E-state index contributed by atoms with van der Waals surface area (Å²) in [5.74, 6) is 0.728. The van der Waals surface area contributed by atoms with Crippen molar-refractivity contribution in [2.75, 3.05) is 0 Å². The van der Waals surface area contributed by atoms with Crippen LogP contribution >= 0.6 is 0 Å². The van der Waals surface area contributed by atoms with Crippen molar-refractivity contribution in [3.8, 4) is 5.69 Å². The molecule has 1 aromatic heterocycles. The molecule has 0 unspecified atom stereocenters. The third-order valence-electron chi connectivity index (χ3n) is 3.63. The van der Waals surface area contributed by atoms with E-state index in [2.05, 4.69) is 17.2 Å². The number of benzene rings is 1. The molecule has 3 rings (SSSR count). The lowest BCUT2D eigenvalue weighted by Gasteiger charge is -2.10. The van der Waals surface area contributed by atoms with Gasteiger partial charge in [0.05, 0.1) is 5.69 Å². The normalized spacial score (nSPS) is 14.7. The zero-order valence-electron chi connectivity index (χ0n) is 11.8. The van der Waals surface area contributed by atoms with Gasteiger partial charge in [-0.2, -0.15) is 0 Å². The minimum absolute atomic E-state index is 0.185. The van der Waals surface area contributed by atoms with E-state index in [1.54, 1.807) is 12.3 Å². The van der Waals surface area contributed by atoms with Crippen molar-refractivity contribution in [2.24, 2.45) is 0 Å². The molecule has 1 aliphatic rings. The van der Waals surface area contributed by atoms with Gasteiger partial charge in [-0.25, -0.2) is 9.37 Å². The lowest BCUT2D eigenvalue weighted by molar-refractivity contribution is 0.607. The van der Waals surface area contributed by atoms with E-state index in [1.807, 2.05) is 22.9 Å².